The van der Waals surface area contributed by atoms with Gasteiger partial charge in [0.2, 0.25) is 5.91 Å². The SMILES string of the molecule is O=C(C[C@H]1C[C@@H]2CC[C@@H]1C2)NNC(=O)c1cccs1. The standard InChI is InChI=1S/C14H18N2O2S/c17-13(8-11-7-9-3-4-10(11)6-9)15-16-14(18)12-2-1-5-19-12/h1-2,5,9-11H,3-4,6-8H2,(H,15,17)(H,16,18)/t9-,10-,11-/m1/s1. The fourth-order valence-electron chi connectivity index (χ4n) is 3.51. The first-order valence-electron chi connectivity index (χ1n) is 6.85. The smallest absolute Gasteiger partial charge is 0.273 e. The lowest BCUT2D eigenvalue weighted by molar-refractivity contribution is -0.123. The topological polar surface area (TPSA) is 58.2 Å². The third-order valence-electron chi connectivity index (χ3n) is 4.39. The fraction of sp³-hybridized carbons (Fsp3) is 0.571. The summed E-state index contributed by atoms with van der Waals surface area (Å²) in [5, 5.41) is 1.84. The van der Waals surface area contributed by atoms with Gasteiger partial charge >= 0.3 is 0 Å². The molecule has 0 radical (unpaired) electrons. The number of fused-ring (bicyclic) bond motifs is 2. The summed E-state index contributed by atoms with van der Waals surface area (Å²) in [6.07, 6.45) is 5.67. The van der Waals surface area contributed by atoms with E-state index >= 15 is 0 Å². The van der Waals surface area contributed by atoms with Crippen LogP contribution in [0.1, 0.15) is 41.8 Å². The summed E-state index contributed by atoms with van der Waals surface area (Å²) in [6.45, 7) is 0. The molecule has 3 atom stereocenters. The number of carbonyl (C=O) groups excluding carboxylic acids is 2. The van der Waals surface area contributed by atoms with Crippen LogP contribution < -0.4 is 10.9 Å². The molecule has 2 aliphatic rings. The molecule has 102 valence electrons. The van der Waals surface area contributed by atoms with Crippen LogP contribution in [0, 0.1) is 17.8 Å². The van der Waals surface area contributed by atoms with Gasteiger partial charge in [-0.25, -0.2) is 0 Å². The van der Waals surface area contributed by atoms with E-state index in [1.807, 2.05) is 11.4 Å². The minimum Gasteiger partial charge on any atom is -0.273 e. The maximum atomic E-state index is 11.8. The number of hydrogen-bond donors (Lipinski definition) is 2. The van der Waals surface area contributed by atoms with Crippen molar-refractivity contribution in [2.75, 3.05) is 0 Å². The van der Waals surface area contributed by atoms with Gasteiger partial charge in [0.15, 0.2) is 0 Å². The van der Waals surface area contributed by atoms with Crippen LogP contribution in [0.5, 0.6) is 0 Å². The molecule has 0 saturated heterocycles. The van der Waals surface area contributed by atoms with Crippen molar-refractivity contribution in [1.82, 2.24) is 10.9 Å². The summed E-state index contributed by atoms with van der Waals surface area (Å²) in [5.41, 5.74) is 5.00. The molecule has 2 bridgehead atoms. The van der Waals surface area contributed by atoms with Crippen molar-refractivity contribution >= 4 is 23.2 Å². The Bertz CT molecular complexity index is 472. The Balaban J connectivity index is 1.43. The zero-order chi connectivity index (χ0) is 13.2. The van der Waals surface area contributed by atoms with Crippen molar-refractivity contribution in [3.8, 4) is 0 Å². The summed E-state index contributed by atoms with van der Waals surface area (Å²) in [5.74, 6) is 1.81. The van der Waals surface area contributed by atoms with Gasteiger partial charge in [-0.05, 0) is 48.5 Å². The van der Waals surface area contributed by atoms with Gasteiger partial charge in [0.1, 0.15) is 0 Å². The molecule has 1 aromatic rings. The summed E-state index contributed by atoms with van der Waals surface area (Å²) < 4.78 is 0. The van der Waals surface area contributed by atoms with Gasteiger partial charge in [-0.2, -0.15) is 0 Å². The Morgan fingerprint density at radius 3 is 2.79 bits per heavy atom. The van der Waals surface area contributed by atoms with E-state index in [0.29, 0.717) is 17.2 Å². The van der Waals surface area contributed by atoms with E-state index in [-0.39, 0.29) is 11.8 Å². The van der Waals surface area contributed by atoms with Crippen LogP contribution in [0.15, 0.2) is 17.5 Å². The first-order valence-corrected chi connectivity index (χ1v) is 7.73. The number of carbonyl (C=O) groups is 2. The molecule has 0 aliphatic heterocycles. The number of amides is 2. The lowest BCUT2D eigenvalue weighted by Gasteiger charge is -2.20. The average Bonchev–Trinajstić information content (AvgIpc) is 3.12. The lowest BCUT2D eigenvalue weighted by atomic mass is 9.86. The second-order valence-corrected chi connectivity index (χ2v) is 6.57. The third kappa shape index (κ3) is 2.81. The Kier molecular flexibility index (Phi) is 3.55. The van der Waals surface area contributed by atoms with Gasteiger partial charge in [-0.15, -0.1) is 11.3 Å². The third-order valence-corrected chi connectivity index (χ3v) is 5.26. The van der Waals surface area contributed by atoms with Crippen molar-refractivity contribution in [2.24, 2.45) is 17.8 Å². The van der Waals surface area contributed by atoms with E-state index in [9.17, 15) is 9.59 Å². The molecule has 2 aliphatic carbocycles. The highest BCUT2D eigenvalue weighted by Crippen LogP contribution is 2.49. The Morgan fingerprint density at radius 1 is 1.26 bits per heavy atom. The lowest BCUT2D eigenvalue weighted by Crippen LogP contribution is -2.42. The van der Waals surface area contributed by atoms with Crippen LogP contribution in [-0.2, 0) is 4.79 Å². The van der Waals surface area contributed by atoms with E-state index in [0.717, 1.165) is 11.8 Å². The second kappa shape index (κ2) is 5.33. The molecular formula is C14H18N2O2S. The second-order valence-electron chi connectivity index (χ2n) is 5.62. The van der Waals surface area contributed by atoms with Crippen molar-refractivity contribution in [2.45, 2.75) is 32.1 Å². The van der Waals surface area contributed by atoms with Gasteiger partial charge in [0.25, 0.3) is 5.91 Å². The fourth-order valence-corrected chi connectivity index (χ4v) is 4.13. The molecule has 0 aromatic carbocycles. The van der Waals surface area contributed by atoms with Crippen LogP contribution in [0.4, 0.5) is 0 Å². The highest BCUT2D eigenvalue weighted by molar-refractivity contribution is 7.12. The normalized spacial score (nSPS) is 28.3. The molecule has 1 aromatic heterocycles. The highest BCUT2D eigenvalue weighted by atomic mass is 32.1. The van der Waals surface area contributed by atoms with Gasteiger partial charge in [0, 0.05) is 6.42 Å². The number of rotatable bonds is 3. The molecule has 2 N–H and O–H groups in total. The van der Waals surface area contributed by atoms with Crippen LogP contribution in [0.25, 0.3) is 0 Å². The molecule has 5 heteroatoms. The largest absolute Gasteiger partial charge is 0.279 e. The van der Waals surface area contributed by atoms with Crippen molar-refractivity contribution in [3.63, 3.8) is 0 Å². The summed E-state index contributed by atoms with van der Waals surface area (Å²) in [4.78, 5) is 24.1. The first kappa shape index (κ1) is 12.7. The number of thiophene rings is 1. The maximum absolute atomic E-state index is 11.8. The zero-order valence-corrected chi connectivity index (χ0v) is 11.5. The Hall–Kier alpha value is -1.36. The maximum Gasteiger partial charge on any atom is 0.279 e. The number of hydrogen-bond acceptors (Lipinski definition) is 3. The van der Waals surface area contributed by atoms with Crippen molar-refractivity contribution in [1.29, 1.82) is 0 Å². The van der Waals surface area contributed by atoms with Gasteiger partial charge in [0.05, 0.1) is 4.88 Å². The summed E-state index contributed by atoms with van der Waals surface area (Å²) >= 11 is 1.36. The molecule has 2 amide bonds. The monoisotopic (exact) mass is 278 g/mol. The Morgan fingerprint density at radius 2 is 2.16 bits per heavy atom. The highest BCUT2D eigenvalue weighted by Gasteiger charge is 2.40. The van der Waals surface area contributed by atoms with E-state index in [1.54, 1.807) is 6.07 Å². The molecule has 0 unspecified atom stereocenters. The van der Waals surface area contributed by atoms with Crippen LogP contribution in [-0.4, -0.2) is 11.8 Å². The van der Waals surface area contributed by atoms with E-state index in [2.05, 4.69) is 10.9 Å². The zero-order valence-electron chi connectivity index (χ0n) is 10.7. The molecule has 3 rings (SSSR count). The van der Waals surface area contributed by atoms with E-state index < -0.39 is 0 Å². The molecular weight excluding hydrogens is 260 g/mol. The quantitative estimate of drug-likeness (QED) is 0.834. The molecule has 2 saturated carbocycles. The van der Waals surface area contributed by atoms with Gasteiger partial charge < -0.3 is 0 Å². The molecule has 2 fully saturated rings. The number of hydrazine groups is 1. The predicted molar refractivity (Wildman–Crippen MR) is 73.5 cm³/mol. The van der Waals surface area contributed by atoms with Gasteiger partial charge in [-0.1, -0.05) is 12.5 Å². The van der Waals surface area contributed by atoms with Crippen molar-refractivity contribution < 1.29 is 9.59 Å². The van der Waals surface area contributed by atoms with Crippen LogP contribution in [0.2, 0.25) is 0 Å². The average molecular weight is 278 g/mol. The van der Waals surface area contributed by atoms with Gasteiger partial charge in [-0.3, -0.25) is 20.4 Å². The van der Waals surface area contributed by atoms with Crippen LogP contribution in [0.3, 0.4) is 0 Å². The van der Waals surface area contributed by atoms with Crippen LogP contribution >= 0.6 is 11.3 Å². The Labute approximate surface area is 116 Å². The summed E-state index contributed by atoms with van der Waals surface area (Å²) in [7, 11) is 0. The first-order chi connectivity index (χ1) is 9.22. The minimum atomic E-state index is -0.240. The number of nitrogens with one attached hydrogen (secondary N) is 2. The van der Waals surface area contributed by atoms with E-state index in [1.165, 1.54) is 37.0 Å². The minimum absolute atomic E-state index is 0.0672. The molecule has 4 nitrogen and oxygen atoms in total. The van der Waals surface area contributed by atoms with Crippen molar-refractivity contribution in [3.05, 3.63) is 22.4 Å². The molecule has 19 heavy (non-hydrogen) atoms. The molecule has 1 heterocycles. The summed E-state index contributed by atoms with van der Waals surface area (Å²) in [6, 6.07) is 3.55. The molecule has 0 spiro atoms. The predicted octanol–water partition coefficient (Wildman–Crippen LogP) is 2.34. The van der Waals surface area contributed by atoms with E-state index in [4.69, 9.17) is 0 Å².